The first-order chi connectivity index (χ1) is 16.6. The highest BCUT2D eigenvalue weighted by molar-refractivity contribution is 6.31. The van der Waals surface area contributed by atoms with Crippen molar-refractivity contribution in [3.63, 3.8) is 0 Å². The van der Waals surface area contributed by atoms with Gasteiger partial charge in [-0.1, -0.05) is 36.4 Å². The van der Waals surface area contributed by atoms with Gasteiger partial charge in [0.25, 0.3) is 5.91 Å². The zero-order valence-corrected chi connectivity index (χ0v) is 18.9. The Balaban J connectivity index is 1.79. The average molecular weight is 453 g/mol. The minimum absolute atomic E-state index is 0.0336. The summed E-state index contributed by atoms with van der Waals surface area (Å²) in [6, 6.07) is 16.2. The van der Waals surface area contributed by atoms with Crippen molar-refractivity contribution < 1.29 is 19.4 Å². The van der Waals surface area contributed by atoms with Crippen LogP contribution in [0.2, 0.25) is 0 Å². The van der Waals surface area contributed by atoms with Gasteiger partial charge in [0.1, 0.15) is 0 Å². The van der Waals surface area contributed by atoms with E-state index in [-0.39, 0.29) is 18.6 Å². The molecule has 2 bridgehead atoms. The number of ether oxygens (including phenoxy) is 2. The molecule has 3 aliphatic heterocycles. The van der Waals surface area contributed by atoms with Crippen LogP contribution in [0.1, 0.15) is 28.9 Å². The normalized spacial score (nSPS) is 27.4. The van der Waals surface area contributed by atoms with Crippen molar-refractivity contribution in [2.45, 2.75) is 30.8 Å². The number of hydrogen-bond donors (Lipinski definition) is 2. The van der Waals surface area contributed by atoms with Crippen LogP contribution in [0.25, 0.3) is 43.6 Å². The van der Waals surface area contributed by atoms with Crippen LogP contribution in [0, 0.1) is 0 Å². The lowest BCUT2D eigenvalue weighted by Gasteiger charge is -2.43. The van der Waals surface area contributed by atoms with Gasteiger partial charge in [0.15, 0.2) is 11.3 Å². The van der Waals surface area contributed by atoms with E-state index in [4.69, 9.17) is 9.47 Å². The first-order valence-electron chi connectivity index (χ1n) is 11.7. The molecule has 0 saturated carbocycles. The van der Waals surface area contributed by atoms with Crippen molar-refractivity contribution in [2.75, 3.05) is 20.3 Å². The topological polar surface area (TPSA) is 77.7 Å². The summed E-state index contributed by atoms with van der Waals surface area (Å²) in [5.41, 5.74) is 3.86. The standard InChI is InChI=1S/C27H23N3O4/c1-26-27(13-31,33-2)19(12-34-26)29-17-9-5-3-7-14(17)21-22-16(11-28-25(22)32)20-15-8-4-6-10-18(15)30(26)24(20)23(21)29/h3-10,19,31H,11-13H2,1-2H3,(H,28,32). The molecule has 0 radical (unpaired) electrons. The molecule has 5 heterocycles. The largest absolute Gasteiger partial charge is 0.393 e. The lowest BCUT2D eigenvalue weighted by Crippen LogP contribution is -2.57. The van der Waals surface area contributed by atoms with Gasteiger partial charge in [-0.05, 0) is 24.6 Å². The van der Waals surface area contributed by atoms with Gasteiger partial charge in [0.05, 0.1) is 41.4 Å². The number of aromatic nitrogens is 2. The number of benzene rings is 3. The molecule has 3 aliphatic rings. The fraction of sp³-hybridized carbons (Fsp3) is 0.296. The number of carbonyl (C=O) groups excluding carboxylic acids is 1. The van der Waals surface area contributed by atoms with E-state index in [1.54, 1.807) is 7.11 Å². The molecule has 34 heavy (non-hydrogen) atoms. The first kappa shape index (κ1) is 19.0. The molecule has 8 rings (SSSR count). The number of hydrogen-bond acceptors (Lipinski definition) is 4. The second-order valence-electron chi connectivity index (χ2n) is 9.78. The molecule has 170 valence electrons. The molecule has 7 heteroatoms. The lowest BCUT2D eigenvalue weighted by atomic mass is 9.86. The SMILES string of the molecule is COC1(CO)C2COC1(C)n1c3ccccc3c3c4c(c5c6ccccc6n2c5c31)C(=O)NC4. The van der Waals surface area contributed by atoms with Crippen molar-refractivity contribution in [3.05, 3.63) is 59.7 Å². The fourth-order valence-electron chi connectivity index (χ4n) is 7.23. The van der Waals surface area contributed by atoms with E-state index in [0.29, 0.717) is 13.2 Å². The molecule has 0 aliphatic carbocycles. The Kier molecular flexibility index (Phi) is 3.24. The predicted octanol–water partition coefficient (Wildman–Crippen LogP) is 3.78. The van der Waals surface area contributed by atoms with Gasteiger partial charge in [-0.15, -0.1) is 0 Å². The predicted molar refractivity (Wildman–Crippen MR) is 129 cm³/mol. The van der Waals surface area contributed by atoms with E-state index >= 15 is 0 Å². The number of rotatable bonds is 2. The molecule has 1 amide bonds. The van der Waals surface area contributed by atoms with Crippen molar-refractivity contribution in [1.29, 1.82) is 0 Å². The quantitative estimate of drug-likeness (QED) is 0.427. The Morgan fingerprint density at radius 1 is 1.09 bits per heavy atom. The third-order valence-corrected chi connectivity index (χ3v) is 8.70. The molecule has 3 aromatic carbocycles. The Morgan fingerprint density at radius 3 is 2.53 bits per heavy atom. The Hall–Kier alpha value is -3.39. The minimum Gasteiger partial charge on any atom is -0.393 e. The van der Waals surface area contributed by atoms with E-state index < -0.39 is 11.3 Å². The molecule has 3 unspecified atom stereocenters. The van der Waals surface area contributed by atoms with Crippen molar-refractivity contribution in [3.8, 4) is 0 Å². The summed E-state index contributed by atoms with van der Waals surface area (Å²) in [4.78, 5) is 13.3. The highest BCUT2D eigenvalue weighted by Gasteiger charge is 2.64. The summed E-state index contributed by atoms with van der Waals surface area (Å²) < 4.78 is 17.4. The molecule has 3 atom stereocenters. The molecule has 1 fully saturated rings. The summed E-state index contributed by atoms with van der Waals surface area (Å²) in [5.74, 6) is -0.0336. The number of aliphatic hydroxyl groups excluding tert-OH is 1. The molecule has 5 aromatic rings. The van der Waals surface area contributed by atoms with Crippen LogP contribution in [-0.2, 0) is 21.7 Å². The summed E-state index contributed by atoms with van der Waals surface area (Å²) in [6.07, 6.45) is 0. The van der Waals surface area contributed by atoms with Crippen LogP contribution < -0.4 is 5.32 Å². The van der Waals surface area contributed by atoms with Crippen LogP contribution in [0.3, 0.4) is 0 Å². The van der Waals surface area contributed by atoms with E-state index in [1.165, 1.54) is 0 Å². The van der Waals surface area contributed by atoms with Crippen LogP contribution in [-0.4, -0.2) is 46.1 Å². The van der Waals surface area contributed by atoms with Gasteiger partial charge in [-0.2, -0.15) is 0 Å². The molecule has 7 nitrogen and oxygen atoms in total. The van der Waals surface area contributed by atoms with Crippen LogP contribution in [0.15, 0.2) is 48.5 Å². The summed E-state index contributed by atoms with van der Waals surface area (Å²) in [5, 5.41) is 18.2. The summed E-state index contributed by atoms with van der Waals surface area (Å²) in [6.45, 7) is 2.69. The first-order valence-corrected chi connectivity index (χ1v) is 11.7. The van der Waals surface area contributed by atoms with Gasteiger partial charge in [0, 0.05) is 40.7 Å². The maximum Gasteiger partial charge on any atom is 0.252 e. The molecule has 2 N–H and O–H groups in total. The van der Waals surface area contributed by atoms with Crippen LogP contribution in [0.5, 0.6) is 0 Å². The van der Waals surface area contributed by atoms with Gasteiger partial charge in [-0.25, -0.2) is 0 Å². The smallest absolute Gasteiger partial charge is 0.252 e. The number of fused-ring (bicyclic) bond motifs is 13. The highest BCUT2D eigenvalue weighted by atomic mass is 16.6. The second kappa shape index (κ2) is 5.81. The minimum atomic E-state index is -1.03. The number of amides is 1. The zero-order chi connectivity index (χ0) is 23.0. The second-order valence-corrected chi connectivity index (χ2v) is 9.78. The maximum atomic E-state index is 13.3. The molecular formula is C27H23N3O4. The summed E-state index contributed by atoms with van der Waals surface area (Å²) >= 11 is 0. The molecule has 0 spiro atoms. The van der Waals surface area contributed by atoms with Gasteiger partial charge >= 0.3 is 0 Å². The number of para-hydroxylation sites is 2. The third-order valence-electron chi connectivity index (χ3n) is 8.70. The molecular weight excluding hydrogens is 430 g/mol. The monoisotopic (exact) mass is 453 g/mol. The maximum absolute atomic E-state index is 13.3. The Bertz CT molecular complexity index is 1740. The number of aliphatic hydroxyl groups is 1. The van der Waals surface area contributed by atoms with E-state index in [9.17, 15) is 9.90 Å². The molecule has 1 saturated heterocycles. The van der Waals surface area contributed by atoms with Gasteiger partial charge < -0.3 is 29.0 Å². The summed E-state index contributed by atoms with van der Waals surface area (Å²) in [7, 11) is 1.66. The zero-order valence-electron chi connectivity index (χ0n) is 18.9. The molecule has 2 aromatic heterocycles. The fourth-order valence-corrected chi connectivity index (χ4v) is 7.23. The third kappa shape index (κ3) is 1.72. The van der Waals surface area contributed by atoms with E-state index in [1.807, 2.05) is 31.2 Å². The average Bonchev–Trinajstić information content (AvgIpc) is 3.56. The van der Waals surface area contributed by atoms with E-state index in [0.717, 1.165) is 54.7 Å². The van der Waals surface area contributed by atoms with Crippen molar-refractivity contribution in [1.82, 2.24) is 14.5 Å². The van der Waals surface area contributed by atoms with Crippen molar-refractivity contribution >= 4 is 49.5 Å². The Labute approximate surface area is 194 Å². The Morgan fingerprint density at radius 2 is 1.79 bits per heavy atom. The van der Waals surface area contributed by atoms with Crippen LogP contribution in [0.4, 0.5) is 0 Å². The number of carbonyl (C=O) groups is 1. The number of nitrogens with one attached hydrogen (secondary N) is 1. The number of methoxy groups -OCH3 is 1. The van der Waals surface area contributed by atoms with Gasteiger partial charge in [-0.3, -0.25) is 4.79 Å². The van der Waals surface area contributed by atoms with Gasteiger partial charge in [0.2, 0.25) is 0 Å². The lowest BCUT2D eigenvalue weighted by molar-refractivity contribution is -0.195. The van der Waals surface area contributed by atoms with E-state index in [2.05, 4.69) is 38.7 Å². The highest BCUT2D eigenvalue weighted by Crippen LogP contribution is 2.58. The van der Waals surface area contributed by atoms with Crippen molar-refractivity contribution in [2.24, 2.45) is 0 Å². The van der Waals surface area contributed by atoms with Crippen LogP contribution >= 0.6 is 0 Å². The number of nitrogens with zero attached hydrogens (tertiary/aromatic N) is 2.